The molecule has 0 aromatic heterocycles. The number of halogens is 1. The normalized spacial score (nSPS) is 20.6. The van der Waals surface area contributed by atoms with E-state index in [-0.39, 0.29) is 52.6 Å². The monoisotopic (exact) mass is 719 g/mol. The van der Waals surface area contributed by atoms with Crippen molar-refractivity contribution in [3.63, 3.8) is 0 Å². The maximum atomic E-state index is 14.4. The summed E-state index contributed by atoms with van der Waals surface area (Å²) in [6.45, 7) is 7.26. The molecule has 4 rings (SSSR count). The standard InChI is InChI=1S/C35H46FN3O8S2/c1-24-9-14-30(15-10-24)48(42,43)37-29-13-18-33-32(20-29)35(41)39(26(3)23-40)21-25(2)34(46-19-7-6-8-27(4)47-33)22-38(5)49(44,45)31-16-11-28(36)12-17-31/h9-18,20,25-27,34,37,40H,6-8,19,21-23H2,1-5H3/t25-,26+,27+,34-/m0/s1. The Balaban J connectivity index is 1.67. The third-order valence-electron chi connectivity index (χ3n) is 8.59. The highest BCUT2D eigenvalue weighted by Crippen LogP contribution is 2.30. The number of nitrogens with one attached hydrogen (secondary N) is 1. The SMILES string of the molecule is Cc1ccc(S(=O)(=O)Nc2ccc3c(c2)C(=O)N([C@H](C)CO)C[C@H](C)[C@H](CN(C)S(=O)(=O)c2ccc(F)cc2)OCCCC[C@@H](C)O3)cc1. The fourth-order valence-corrected chi connectivity index (χ4v) is 7.75. The topological polar surface area (TPSA) is 143 Å². The fraction of sp³-hybridized carbons (Fsp3) is 0.457. The molecule has 1 aliphatic rings. The largest absolute Gasteiger partial charge is 0.490 e. The van der Waals surface area contributed by atoms with Gasteiger partial charge in [-0.1, -0.05) is 24.6 Å². The number of aliphatic hydroxyl groups is 1. The molecule has 4 atom stereocenters. The minimum Gasteiger partial charge on any atom is -0.490 e. The van der Waals surface area contributed by atoms with Gasteiger partial charge >= 0.3 is 0 Å². The molecule has 3 aromatic rings. The van der Waals surface area contributed by atoms with Gasteiger partial charge in [0.2, 0.25) is 10.0 Å². The Labute approximate surface area is 289 Å². The number of hydrogen-bond acceptors (Lipinski definition) is 8. The molecule has 2 N–H and O–H groups in total. The van der Waals surface area contributed by atoms with Crippen LogP contribution in [-0.2, 0) is 24.8 Å². The van der Waals surface area contributed by atoms with E-state index < -0.39 is 49.8 Å². The summed E-state index contributed by atoms with van der Waals surface area (Å²) >= 11 is 0. The molecule has 0 radical (unpaired) electrons. The van der Waals surface area contributed by atoms with Crippen LogP contribution in [0.3, 0.4) is 0 Å². The Morgan fingerprint density at radius 3 is 2.31 bits per heavy atom. The van der Waals surface area contributed by atoms with E-state index in [0.29, 0.717) is 19.4 Å². The number of carbonyl (C=O) groups excluding carboxylic acids is 1. The molecule has 0 aliphatic carbocycles. The molecule has 11 nitrogen and oxygen atoms in total. The molecule has 268 valence electrons. The number of carbonyl (C=O) groups is 1. The molecule has 3 aromatic carbocycles. The summed E-state index contributed by atoms with van der Waals surface area (Å²) in [4.78, 5) is 15.8. The lowest BCUT2D eigenvalue weighted by Gasteiger charge is -2.35. The molecule has 0 unspecified atom stereocenters. The van der Waals surface area contributed by atoms with E-state index in [1.54, 1.807) is 25.1 Å². The van der Waals surface area contributed by atoms with Crippen molar-refractivity contribution >= 4 is 31.6 Å². The van der Waals surface area contributed by atoms with Crippen LogP contribution < -0.4 is 9.46 Å². The molecule has 0 spiro atoms. The van der Waals surface area contributed by atoms with E-state index >= 15 is 0 Å². The number of anilines is 1. The summed E-state index contributed by atoms with van der Waals surface area (Å²) in [5.74, 6) is -1.20. The van der Waals surface area contributed by atoms with Crippen molar-refractivity contribution in [3.05, 3.63) is 83.7 Å². The van der Waals surface area contributed by atoms with E-state index in [2.05, 4.69) is 4.72 Å². The highest BCUT2D eigenvalue weighted by atomic mass is 32.2. The van der Waals surface area contributed by atoms with Gasteiger partial charge in [-0.25, -0.2) is 21.2 Å². The molecule has 0 saturated heterocycles. The molecule has 0 fully saturated rings. The van der Waals surface area contributed by atoms with Gasteiger partial charge in [-0.3, -0.25) is 9.52 Å². The van der Waals surface area contributed by atoms with Crippen LogP contribution in [0.15, 0.2) is 76.5 Å². The number of amides is 1. The number of ether oxygens (including phenoxy) is 2. The Morgan fingerprint density at radius 2 is 1.65 bits per heavy atom. The van der Waals surface area contributed by atoms with Crippen molar-refractivity contribution in [1.82, 2.24) is 9.21 Å². The first-order valence-corrected chi connectivity index (χ1v) is 19.2. The van der Waals surface area contributed by atoms with Gasteiger partial charge in [-0.05, 0) is 94.6 Å². The lowest BCUT2D eigenvalue weighted by molar-refractivity contribution is -0.00834. The number of benzene rings is 3. The van der Waals surface area contributed by atoms with Crippen molar-refractivity contribution in [2.45, 2.75) is 75.0 Å². The fourth-order valence-electron chi connectivity index (χ4n) is 5.52. The van der Waals surface area contributed by atoms with Gasteiger partial charge in [-0.2, -0.15) is 4.31 Å². The van der Waals surface area contributed by atoms with Gasteiger partial charge in [0, 0.05) is 38.3 Å². The van der Waals surface area contributed by atoms with Crippen LogP contribution in [0.25, 0.3) is 0 Å². The average molecular weight is 720 g/mol. The third kappa shape index (κ3) is 9.79. The quantitative estimate of drug-likeness (QED) is 0.313. The van der Waals surface area contributed by atoms with Gasteiger partial charge < -0.3 is 19.5 Å². The summed E-state index contributed by atoms with van der Waals surface area (Å²) in [5, 5.41) is 10.2. The van der Waals surface area contributed by atoms with Crippen molar-refractivity contribution < 1.29 is 40.6 Å². The zero-order valence-corrected chi connectivity index (χ0v) is 30.1. The summed E-state index contributed by atoms with van der Waals surface area (Å²) < 4.78 is 82.8. The number of fused-ring (bicyclic) bond motifs is 1. The Bertz CT molecular complexity index is 1790. The molecule has 1 aliphatic heterocycles. The van der Waals surface area contributed by atoms with Crippen LogP contribution in [-0.4, -0.2) is 88.7 Å². The predicted molar refractivity (Wildman–Crippen MR) is 185 cm³/mol. The van der Waals surface area contributed by atoms with Crippen molar-refractivity contribution in [3.8, 4) is 5.75 Å². The second-order valence-corrected chi connectivity index (χ2v) is 16.4. The highest BCUT2D eigenvalue weighted by Gasteiger charge is 2.32. The molecular weight excluding hydrogens is 674 g/mol. The predicted octanol–water partition coefficient (Wildman–Crippen LogP) is 5.05. The van der Waals surface area contributed by atoms with E-state index in [1.807, 2.05) is 20.8 Å². The van der Waals surface area contributed by atoms with Gasteiger partial charge in [0.25, 0.3) is 15.9 Å². The smallest absolute Gasteiger partial charge is 0.261 e. The highest BCUT2D eigenvalue weighted by molar-refractivity contribution is 7.92. The third-order valence-corrected chi connectivity index (χ3v) is 11.8. The van der Waals surface area contributed by atoms with Crippen molar-refractivity contribution in [2.75, 3.05) is 38.1 Å². The number of nitrogens with zero attached hydrogens (tertiary/aromatic N) is 2. The van der Waals surface area contributed by atoms with Crippen molar-refractivity contribution in [2.24, 2.45) is 5.92 Å². The lowest BCUT2D eigenvalue weighted by atomic mass is 10.0. The number of rotatable bonds is 9. The second-order valence-electron chi connectivity index (χ2n) is 12.7. The molecule has 1 heterocycles. The summed E-state index contributed by atoms with van der Waals surface area (Å²) in [6, 6.07) is 14.8. The van der Waals surface area contributed by atoms with Gasteiger partial charge in [0.1, 0.15) is 11.6 Å². The lowest BCUT2D eigenvalue weighted by Crippen LogP contribution is -2.48. The van der Waals surface area contributed by atoms with E-state index in [9.17, 15) is 31.1 Å². The Hall–Kier alpha value is -3.56. The van der Waals surface area contributed by atoms with Crippen LogP contribution in [0.5, 0.6) is 5.75 Å². The van der Waals surface area contributed by atoms with Crippen LogP contribution in [0.4, 0.5) is 10.1 Å². The van der Waals surface area contributed by atoms with E-state index in [4.69, 9.17) is 9.47 Å². The molecule has 49 heavy (non-hydrogen) atoms. The van der Waals surface area contributed by atoms with E-state index in [0.717, 1.165) is 28.4 Å². The maximum Gasteiger partial charge on any atom is 0.261 e. The van der Waals surface area contributed by atoms with Crippen molar-refractivity contribution in [1.29, 1.82) is 0 Å². The summed E-state index contributed by atoms with van der Waals surface area (Å²) in [7, 11) is -6.53. The summed E-state index contributed by atoms with van der Waals surface area (Å²) in [5.41, 5.74) is 1.17. The molecule has 0 bridgehead atoms. The van der Waals surface area contributed by atoms with E-state index in [1.165, 1.54) is 48.3 Å². The minimum atomic E-state index is -3.98. The van der Waals surface area contributed by atoms with Gasteiger partial charge in [0.05, 0.1) is 40.2 Å². The Morgan fingerprint density at radius 1 is 1.00 bits per heavy atom. The van der Waals surface area contributed by atoms with Crippen LogP contribution in [0.1, 0.15) is 56.0 Å². The van der Waals surface area contributed by atoms with Crippen LogP contribution in [0, 0.1) is 18.7 Å². The van der Waals surface area contributed by atoms with Gasteiger partial charge in [-0.15, -0.1) is 0 Å². The molecule has 0 saturated carbocycles. The first-order chi connectivity index (χ1) is 23.1. The van der Waals surface area contributed by atoms with Crippen LogP contribution >= 0.6 is 0 Å². The van der Waals surface area contributed by atoms with Crippen LogP contribution in [0.2, 0.25) is 0 Å². The first-order valence-electron chi connectivity index (χ1n) is 16.3. The molecule has 1 amide bonds. The number of likely N-dealkylation sites (N-methyl/N-ethyl adjacent to an activating group) is 1. The number of hydrogen-bond donors (Lipinski definition) is 2. The number of aliphatic hydroxyl groups excluding tert-OH is 1. The molecule has 14 heteroatoms. The maximum absolute atomic E-state index is 14.4. The number of aryl methyl sites for hydroxylation is 1. The zero-order valence-electron chi connectivity index (χ0n) is 28.5. The average Bonchev–Trinajstić information content (AvgIpc) is 3.06. The Kier molecular flexibility index (Phi) is 12.8. The number of sulfonamides is 2. The zero-order chi connectivity index (χ0) is 35.9. The minimum absolute atomic E-state index is 0.0442. The summed E-state index contributed by atoms with van der Waals surface area (Å²) in [6.07, 6.45) is 1.10. The first kappa shape index (κ1) is 38.2. The second kappa shape index (κ2) is 16.4. The molecular formula is C35H46FN3O8S2. The van der Waals surface area contributed by atoms with Gasteiger partial charge in [0.15, 0.2) is 0 Å².